The van der Waals surface area contributed by atoms with Crippen molar-refractivity contribution in [1.82, 2.24) is 0 Å². The zero-order valence-electron chi connectivity index (χ0n) is 29.9. The molecule has 0 radical (unpaired) electrons. The van der Waals surface area contributed by atoms with Gasteiger partial charge < -0.3 is 4.90 Å². The van der Waals surface area contributed by atoms with Crippen LogP contribution in [-0.4, -0.2) is 0 Å². The lowest BCUT2D eigenvalue weighted by molar-refractivity contribution is 0.658. The van der Waals surface area contributed by atoms with Gasteiger partial charge in [-0.1, -0.05) is 147 Å². The lowest BCUT2D eigenvalue weighted by atomic mass is 9.59. The largest absolute Gasteiger partial charge is 0.310 e. The summed E-state index contributed by atoms with van der Waals surface area (Å²) in [6.07, 6.45) is 2.23. The Kier molecular flexibility index (Phi) is 5.68. The molecule has 250 valence electrons. The first-order chi connectivity index (χ1) is 26.1. The SMILES string of the molecule is CC1(C)c2c(cccc2N(c2ccccc2)c2ccccc2)-c2ccc3c(c21)-c1ccc2c4c(ccc(c14)C31c3ccccc3-c3ccccc31)CC2. The highest BCUT2D eigenvalue weighted by Crippen LogP contribution is 2.66. The molecule has 4 aliphatic carbocycles. The van der Waals surface area contributed by atoms with E-state index in [0.717, 1.165) is 24.2 Å². The Balaban J connectivity index is 1.21. The second kappa shape index (κ2) is 10.2. The summed E-state index contributed by atoms with van der Waals surface area (Å²) in [5.41, 5.74) is 22.5. The number of rotatable bonds is 3. The zero-order valence-corrected chi connectivity index (χ0v) is 29.9. The van der Waals surface area contributed by atoms with Crippen LogP contribution in [0, 0.1) is 0 Å². The summed E-state index contributed by atoms with van der Waals surface area (Å²) in [5.74, 6) is 0. The van der Waals surface area contributed by atoms with Crippen LogP contribution in [0.1, 0.15) is 58.4 Å². The lowest BCUT2D eigenvalue weighted by Crippen LogP contribution is -2.33. The maximum Gasteiger partial charge on any atom is 0.0725 e. The summed E-state index contributed by atoms with van der Waals surface area (Å²) in [7, 11) is 0. The van der Waals surface area contributed by atoms with Gasteiger partial charge in [0.15, 0.2) is 0 Å². The third-order valence-electron chi connectivity index (χ3n) is 13.1. The molecular weight excluding hydrogens is 639 g/mol. The Labute approximate surface area is 310 Å². The first kappa shape index (κ1) is 29.4. The van der Waals surface area contributed by atoms with Crippen molar-refractivity contribution in [1.29, 1.82) is 0 Å². The number of hydrogen-bond donors (Lipinski definition) is 0. The topological polar surface area (TPSA) is 3.24 Å². The van der Waals surface area contributed by atoms with Gasteiger partial charge in [0.1, 0.15) is 0 Å². The molecule has 53 heavy (non-hydrogen) atoms. The maximum absolute atomic E-state index is 2.51. The molecule has 0 saturated heterocycles. The Morgan fingerprint density at radius 2 is 0.925 bits per heavy atom. The molecule has 1 heteroatoms. The van der Waals surface area contributed by atoms with E-state index in [2.05, 4.69) is 183 Å². The van der Waals surface area contributed by atoms with Crippen molar-refractivity contribution in [2.75, 3.05) is 4.90 Å². The predicted molar refractivity (Wildman–Crippen MR) is 220 cm³/mol. The number of hydrogen-bond acceptors (Lipinski definition) is 1. The van der Waals surface area contributed by atoms with E-state index in [1.54, 1.807) is 0 Å². The van der Waals surface area contributed by atoms with Gasteiger partial charge in [0, 0.05) is 16.8 Å². The van der Waals surface area contributed by atoms with E-state index >= 15 is 0 Å². The van der Waals surface area contributed by atoms with Crippen molar-refractivity contribution in [3.63, 3.8) is 0 Å². The summed E-state index contributed by atoms with van der Waals surface area (Å²) in [6.45, 7) is 4.96. The van der Waals surface area contributed by atoms with Gasteiger partial charge in [-0.15, -0.1) is 0 Å². The van der Waals surface area contributed by atoms with Gasteiger partial charge in [0.05, 0.1) is 11.1 Å². The number of para-hydroxylation sites is 2. The van der Waals surface area contributed by atoms with Gasteiger partial charge in [-0.05, 0) is 132 Å². The normalized spacial score (nSPS) is 15.5. The fourth-order valence-corrected chi connectivity index (χ4v) is 11.2. The monoisotopic (exact) mass is 675 g/mol. The van der Waals surface area contributed by atoms with E-state index in [1.165, 1.54) is 94.3 Å². The van der Waals surface area contributed by atoms with E-state index in [0.29, 0.717) is 0 Å². The van der Waals surface area contributed by atoms with Crippen molar-refractivity contribution < 1.29 is 0 Å². The molecule has 0 aliphatic heterocycles. The molecule has 0 bridgehead atoms. The van der Waals surface area contributed by atoms with Crippen molar-refractivity contribution in [2.45, 2.75) is 37.5 Å². The van der Waals surface area contributed by atoms with Crippen molar-refractivity contribution in [3.8, 4) is 33.4 Å². The number of aryl methyl sites for hydroxylation is 2. The molecule has 0 N–H and O–H groups in total. The van der Waals surface area contributed by atoms with Gasteiger partial charge in [-0.25, -0.2) is 0 Å². The number of anilines is 3. The third kappa shape index (κ3) is 3.53. The summed E-state index contributed by atoms with van der Waals surface area (Å²) < 4.78 is 0. The average Bonchev–Trinajstić information content (AvgIpc) is 3.84. The highest BCUT2D eigenvalue weighted by atomic mass is 15.1. The Morgan fingerprint density at radius 1 is 0.396 bits per heavy atom. The molecule has 4 aliphatic rings. The maximum atomic E-state index is 2.51. The number of nitrogens with zero attached hydrogens (tertiary/aromatic N) is 1. The minimum absolute atomic E-state index is 0.298. The molecule has 0 atom stereocenters. The van der Waals surface area contributed by atoms with Crippen LogP contribution in [0.2, 0.25) is 0 Å². The van der Waals surface area contributed by atoms with Crippen LogP contribution in [0.3, 0.4) is 0 Å². The summed E-state index contributed by atoms with van der Waals surface area (Å²) >= 11 is 0. The van der Waals surface area contributed by atoms with Crippen molar-refractivity contribution in [3.05, 3.63) is 208 Å². The quantitative estimate of drug-likeness (QED) is 0.180. The number of benzene rings is 8. The van der Waals surface area contributed by atoms with Gasteiger partial charge in [-0.2, -0.15) is 0 Å². The van der Waals surface area contributed by atoms with E-state index in [9.17, 15) is 0 Å². The van der Waals surface area contributed by atoms with Gasteiger partial charge in [0.2, 0.25) is 0 Å². The van der Waals surface area contributed by atoms with Crippen LogP contribution in [0.25, 0.3) is 44.2 Å². The average molecular weight is 676 g/mol. The van der Waals surface area contributed by atoms with Crippen LogP contribution < -0.4 is 4.90 Å². The molecule has 12 rings (SSSR count). The minimum Gasteiger partial charge on any atom is -0.310 e. The minimum atomic E-state index is -0.419. The molecule has 8 aromatic rings. The summed E-state index contributed by atoms with van der Waals surface area (Å²) in [4.78, 5) is 2.46. The highest BCUT2D eigenvalue weighted by molar-refractivity contribution is 6.12. The lowest BCUT2D eigenvalue weighted by Gasteiger charge is -2.42. The van der Waals surface area contributed by atoms with Gasteiger partial charge >= 0.3 is 0 Å². The molecule has 0 heterocycles. The van der Waals surface area contributed by atoms with Crippen LogP contribution in [0.5, 0.6) is 0 Å². The fraction of sp³-hybridized carbons (Fsp3) is 0.115. The van der Waals surface area contributed by atoms with Gasteiger partial charge in [0.25, 0.3) is 0 Å². The molecule has 0 unspecified atom stereocenters. The zero-order chi connectivity index (χ0) is 35.1. The Hall–Kier alpha value is -6.18. The van der Waals surface area contributed by atoms with E-state index < -0.39 is 5.41 Å². The summed E-state index contributed by atoms with van der Waals surface area (Å²) in [5, 5.41) is 2.96. The van der Waals surface area contributed by atoms with E-state index in [1.807, 2.05) is 0 Å². The molecule has 0 fully saturated rings. The molecule has 1 nitrogen and oxygen atoms in total. The molecule has 0 saturated carbocycles. The van der Waals surface area contributed by atoms with Crippen LogP contribution >= 0.6 is 0 Å². The first-order valence-corrected chi connectivity index (χ1v) is 19.1. The molecular formula is C52H37N. The van der Waals surface area contributed by atoms with Crippen LogP contribution in [0.15, 0.2) is 164 Å². The molecule has 8 aromatic carbocycles. The van der Waals surface area contributed by atoms with E-state index in [4.69, 9.17) is 0 Å². The fourth-order valence-electron chi connectivity index (χ4n) is 11.2. The highest BCUT2D eigenvalue weighted by Gasteiger charge is 2.53. The number of fused-ring (bicyclic) bond motifs is 13. The Bertz CT molecular complexity index is 2760. The van der Waals surface area contributed by atoms with Crippen molar-refractivity contribution >= 4 is 27.8 Å². The molecule has 1 spiro atoms. The van der Waals surface area contributed by atoms with Gasteiger partial charge in [-0.3, -0.25) is 0 Å². The smallest absolute Gasteiger partial charge is 0.0725 e. The predicted octanol–water partition coefficient (Wildman–Crippen LogP) is 13.1. The van der Waals surface area contributed by atoms with Crippen LogP contribution in [0.4, 0.5) is 17.1 Å². The Morgan fingerprint density at radius 3 is 1.58 bits per heavy atom. The second-order valence-electron chi connectivity index (χ2n) is 15.9. The molecule has 0 aromatic heterocycles. The van der Waals surface area contributed by atoms with Crippen LogP contribution in [-0.2, 0) is 23.7 Å². The van der Waals surface area contributed by atoms with E-state index in [-0.39, 0.29) is 5.41 Å². The standard InChI is InChI=1S/C52H37N/c1-51(2)49-38(20-13-23-45(49)53(34-14-5-3-6-15-34)35-16-7-4-8-17-35)39-29-31-44-48(50(39)51)40-28-26-32-24-25-33-27-30-43(47(40)46(32)33)52(44)41-21-11-9-18-36(41)37-19-10-12-22-42(37)52/h3-23,26-31H,24-25H2,1-2H3. The molecule has 0 amide bonds. The first-order valence-electron chi connectivity index (χ1n) is 19.1. The summed E-state index contributed by atoms with van der Waals surface area (Å²) in [6, 6.07) is 62.0. The second-order valence-corrected chi connectivity index (χ2v) is 15.9. The third-order valence-corrected chi connectivity index (χ3v) is 13.1. The van der Waals surface area contributed by atoms with Crippen molar-refractivity contribution in [2.24, 2.45) is 0 Å².